The molecule has 1 amide bonds. The minimum atomic E-state index is -0.502. The Labute approximate surface area is 111 Å². The van der Waals surface area contributed by atoms with Crippen LogP contribution < -0.4 is 11.1 Å². The fourth-order valence-electron chi connectivity index (χ4n) is 1.42. The molecule has 0 radical (unpaired) electrons. The molecular formula is C12H9BrFN3O. The molecule has 0 aliphatic rings. The number of rotatable bonds is 2. The summed E-state index contributed by atoms with van der Waals surface area (Å²) in [6, 6.07) is 5.47. The number of amides is 1. The van der Waals surface area contributed by atoms with Crippen molar-refractivity contribution in [3.63, 3.8) is 0 Å². The van der Waals surface area contributed by atoms with Crippen LogP contribution in [0, 0.1) is 5.82 Å². The van der Waals surface area contributed by atoms with Crippen LogP contribution in [0.5, 0.6) is 0 Å². The summed E-state index contributed by atoms with van der Waals surface area (Å²) in [7, 11) is 0. The molecule has 0 bridgehead atoms. The summed E-state index contributed by atoms with van der Waals surface area (Å²) < 4.78 is 13.8. The average Bonchev–Trinajstić information content (AvgIpc) is 2.27. The first-order chi connectivity index (χ1) is 8.54. The van der Waals surface area contributed by atoms with Gasteiger partial charge in [-0.3, -0.25) is 9.78 Å². The lowest BCUT2D eigenvalue weighted by Gasteiger charge is -2.06. The van der Waals surface area contributed by atoms with Crippen molar-refractivity contribution in [3.05, 3.63) is 52.5 Å². The summed E-state index contributed by atoms with van der Waals surface area (Å²) in [4.78, 5) is 15.7. The molecule has 1 aromatic heterocycles. The number of nitrogen functional groups attached to an aromatic ring is 1. The Morgan fingerprint density at radius 3 is 2.72 bits per heavy atom. The van der Waals surface area contributed by atoms with E-state index in [4.69, 9.17) is 5.73 Å². The number of carbonyl (C=O) groups excluding carboxylic acids is 1. The summed E-state index contributed by atoms with van der Waals surface area (Å²) >= 11 is 3.22. The third kappa shape index (κ3) is 3.04. The normalized spacial score (nSPS) is 10.1. The van der Waals surface area contributed by atoms with Gasteiger partial charge in [-0.1, -0.05) is 0 Å². The fourth-order valence-corrected chi connectivity index (χ4v) is 1.79. The molecule has 0 spiro atoms. The van der Waals surface area contributed by atoms with Crippen molar-refractivity contribution in [2.24, 2.45) is 0 Å². The first-order valence-electron chi connectivity index (χ1n) is 5.02. The highest BCUT2D eigenvalue weighted by molar-refractivity contribution is 9.10. The third-order valence-electron chi connectivity index (χ3n) is 2.15. The predicted octanol–water partition coefficient (Wildman–Crippen LogP) is 2.82. The lowest BCUT2D eigenvalue weighted by molar-refractivity contribution is 0.102. The van der Waals surface area contributed by atoms with Gasteiger partial charge in [0, 0.05) is 28.2 Å². The molecule has 6 heteroatoms. The van der Waals surface area contributed by atoms with Crippen molar-refractivity contribution in [2.75, 3.05) is 11.1 Å². The Morgan fingerprint density at radius 1 is 1.28 bits per heavy atom. The fraction of sp³-hybridized carbons (Fsp3) is 0. The highest BCUT2D eigenvalue weighted by Gasteiger charge is 2.08. The molecule has 0 fully saturated rings. The van der Waals surface area contributed by atoms with Crippen LogP contribution in [-0.4, -0.2) is 10.9 Å². The van der Waals surface area contributed by atoms with Crippen molar-refractivity contribution >= 4 is 33.2 Å². The molecule has 1 aromatic carbocycles. The van der Waals surface area contributed by atoms with E-state index in [-0.39, 0.29) is 11.6 Å². The highest BCUT2D eigenvalue weighted by atomic mass is 79.9. The van der Waals surface area contributed by atoms with Crippen LogP contribution in [0.4, 0.5) is 15.8 Å². The number of pyridine rings is 1. The molecule has 0 aliphatic carbocycles. The molecule has 4 nitrogen and oxygen atoms in total. The number of halogens is 2. The van der Waals surface area contributed by atoms with E-state index >= 15 is 0 Å². The third-order valence-corrected chi connectivity index (χ3v) is 2.58. The SMILES string of the molecule is Nc1cc(F)cc(NC(=O)c2cncc(Br)c2)c1. The Morgan fingerprint density at radius 2 is 2.06 bits per heavy atom. The number of carbonyl (C=O) groups is 1. The van der Waals surface area contributed by atoms with Gasteiger partial charge >= 0.3 is 0 Å². The van der Waals surface area contributed by atoms with Gasteiger partial charge in [-0.2, -0.15) is 0 Å². The molecule has 0 saturated heterocycles. The van der Waals surface area contributed by atoms with Crippen molar-refractivity contribution < 1.29 is 9.18 Å². The average molecular weight is 310 g/mol. The summed E-state index contributed by atoms with van der Waals surface area (Å²) in [6.45, 7) is 0. The number of nitrogens with two attached hydrogens (primary N) is 1. The monoisotopic (exact) mass is 309 g/mol. The summed E-state index contributed by atoms with van der Waals surface area (Å²) in [5.41, 5.74) is 6.41. The zero-order chi connectivity index (χ0) is 13.1. The van der Waals surface area contributed by atoms with Crippen molar-refractivity contribution in [1.29, 1.82) is 0 Å². The van der Waals surface area contributed by atoms with Gasteiger partial charge in [-0.05, 0) is 40.2 Å². The van der Waals surface area contributed by atoms with Crippen LogP contribution in [0.15, 0.2) is 41.1 Å². The molecule has 1 heterocycles. The van der Waals surface area contributed by atoms with Crippen molar-refractivity contribution in [2.45, 2.75) is 0 Å². The number of benzene rings is 1. The largest absolute Gasteiger partial charge is 0.399 e. The maximum Gasteiger partial charge on any atom is 0.257 e. The first-order valence-corrected chi connectivity index (χ1v) is 5.82. The van der Waals surface area contributed by atoms with E-state index in [1.165, 1.54) is 24.4 Å². The molecule has 2 aromatic rings. The molecule has 0 saturated carbocycles. The molecule has 92 valence electrons. The van der Waals surface area contributed by atoms with Gasteiger partial charge < -0.3 is 11.1 Å². The van der Waals surface area contributed by atoms with Gasteiger partial charge in [0.25, 0.3) is 5.91 Å². The van der Waals surface area contributed by atoms with E-state index in [1.54, 1.807) is 12.3 Å². The molecule has 18 heavy (non-hydrogen) atoms. The van der Waals surface area contributed by atoms with E-state index < -0.39 is 5.82 Å². The van der Waals surface area contributed by atoms with Crippen LogP contribution in [0.3, 0.4) is 0 Å². The minimum absolute atomic E-state index is 0.248. The molecule has 0 atom stereocenters. The quantitative estimate of drug-likeness (QED) is 0.838. The first kappa shape index (κ1) is 12.5. The van der Waals surface area contributed by atoms with Crippen LogP contribution in [-0.2, 0) is 0 Å². The van der Waals surface area contributed by atoms with Gasteiger partial charge in [0.15, 0.2) is 0 Å². The van der Waals surface area contributed by atoms with Crippen molar-refractivity contribution in [1.82, 2.24) is 4.98 Å². The van der Waals surface area contributed by atoms with Gasteiger partial charge in [0.2, 0.25) is 0 Å². The van der Waals surface area contributed by atoms with Crippen molar-refractivity contribution in [3.8, 4) is 0 Å². The van der Waals surface area contributed by atoms with Gasteiger partial charge in [-0.15, -0.1) is 0 Å². The standard InChI is InChI=1S/C12H9BrFN3O/c13-8-1-7(5-16-6-8)12(18)17-11-3-9(14)2-10(15)4-11/h1-6H,15H2,(H,17,18). The van der Waals surface area contributed by atoms with Crippen LogP contribution in [0.2, 0.25) is 0 Å². The Kier molecular flexibility index (Phi) is 3.57. The zero-order valence-corrected chi connectivity index (χ0v) is 10.7. The summed E-state index contributed by atoms with van der Waals surface area (Å²) in [5.74, 6) is -0.883. The van der Waals surface area contributed by atoms with E-state index in [2.05, 4.69) is 26.2 Å². The van der Waals surface area contributed by atoms with Crippen LogP contribution in [0.1, 0.15) is 10.4 Å². The Hall–Kier alpha value is -1.95. The predicted molar refractivity (Wildman–Crippen MR) is 70.7 cm³/mol. The van der Waals surface area contributed by atoms with Gasteiger partial charge in [-0.25, -0.2) is 4.39 Å². The van der Waals surface area contributed by atoms with E-state index in [9.17, 15) is 9.18 Å². The van der Waals surface area contributed by atoms with Crippen LogP contribution in [0.25, 0.3) is 0 Å². The maximum atomic E-state index is 13.1. The lowest BCUT2D eigenvalue weighted by atomic mass is 10.2. The molecule has 0 aliphatic heterocycles. The van der Waals surface area contributed by atoms with E-state index in [0.717, 1.165) is 0 Å². The second kappa shape index (κ2) is 5.14. The number of hydrogen-bond donors (Lipinski definition) is 2. The number of nitrogens with zero attached hydrogens (tertiary/aromatic N) is 1. The van der Waals surface area contributed by atoms with Gasteiger partial charge in [0.05, 0.1) is 5.56 Å². The number of nitrogens with one attached hydrogen (secondary N) is 1. The zero-order valence-electron chi connectivity index (χ0n) is 9.15. The Bertz CT molecular complexity index is 583. The second-order valence-corrected chi connectivity index (χ2v) is 4.53. The summed E-state index contributed by atoms with van der Waals surface area (Å²) in [5, 5.41) is 2.55. The maximum absolute atomic E-state index is 13.1. The smallest absolute Gasteiger partial charge is 0.257 e. The second-order valence-electron chi connectivity index (χ2n) is 3.62. The minimum Gasteiger partial charge on any atom is -0.399 e. The molecular weight excluding hydrogens is 301 g/mol. The topological polar surface area (TPSA) is 68.0 Å². The van der Waals surface area contributed by atoms with Gasteiger partial charge in [0.1, 0.15) is 5.82 Å². The van der Waals surface area contributed by atoms with Crippen LogP contribution >= 0.6 is 15.9 Å². The number of anilines is 2. The highest BCUT2D eigenvalue weighted by Crippen LogP contribution is 2.17. The summed E-state index contributed by atoms with van der Waals surface area (Å²) in [6.07, 6.45) is 2.99. The lowest BCUT2D eigenvalue weighted by Crippen LogP contribution is -2.12. The number of aromatic nitrogens is 1. The molecule has 3 N–H and O–H groups in total. The van der Waals surface area contributed by atoms with E-state index in [1.807, 2.05) is 0 Å². The number of hydrogen-bond acceptors (Lipinski definition) is 3. The van der Waals surface area contributed by atoms with E-state index in [0.29, 0.717) is 15.7 Å². The Balaban J connectivity index is 2.21. The molecule has 2 rings (SSSR count). The molecule has 0 unspecified atom stereocenters.